The van der Waals surface area contributed by atoms with Crippen LogP contribution >= 0.6 is 0 Å². The van der Waals surface area contributed by atoms with Gasteiger partial charge in [0.15, 0.2) is 0 Å². The lowest BCUT2D eigenvalue weighted by Crippen LogP contribution is -2.48. The van der Waals surface area contributed by atoms with Crippen molar-refractivity contribution >= 4 is 11.6 Å². The Labute approximate surface area is 122 Å². The van der Waals surface area contributed by atoms with E-state index in [0.717, 1.165) is 55.8 Å². The first-order chi connectivity index (χ1) is 9.61. The Hall–Kier alpha value is -1.36. The topological polar surface area (TPSA) is 44.3 Å². The van der Waals surface area contributed by atoms with Crippen molar-refractivity contribution in [1.82, 2.24) is 14.9 Å². The fourth-order valence-corrected chi connectivity index (χ4v) is 2.76. The van der Waals surface area contributed by atoms with E-state index in [1.165, 1.54) is 6.54 Å². The maximum absolute atomic E-state index is 4.49. The van der Waals surface area contributed by atoms with Gasteiger partial charge >= 0.3 is 0 Å². The number of rotatable bonds is 5. The molecule has 0 aliphatic carbocycles. The molecule has 1 aliphatic heterocycles. The van der Waals surface area contributed by atoms with Gasteiger partial charge < -0.3 is 10.2 Å². The normalized spacial score (nSPS) is 16.8. The van der Waals surface area contributed by atoms with Gasteiger partial charge in [0, 0.05) is 44.8 Å². The van der Waals surface area contributed by atoms with Crippen LogP contribution in [-0.4, -0.2) is 54.1 Å². The summed E-state index contributed by atoms with van der Waals surface area (Å²) in [4.78, 5) is 13.7. The average Bonchev–Trinajstić information content (AvgIpc) is 2.42. The molecule has 0 bridgehead atoms. The Morgan fingerprint density at radius 1 is 1.20 bits per heavy atom. The molecule has 1 aromatic heterocycles. The number of hydrogen-bond acceptors (Lipinski definition) is 5. The highest BCUT2D eigenvalue weighted by atomic mass is 15.3. The summed E-state index contributed by atoms with van der Waals surface area (Å²) in [7, 11) is 0. The molecular formula is C15H27N5. The van der Waals surface area contributed by atoms with Crippen LogP contribution in [-0.2, 0) is 0 Å². The fourth-order valence-electron chi connectivity index (χ4n) is 2.76. The Bertz CT molecular complexity index is 424. The third kappa shape index (κ3) is 3.60. The molecule has 1 fully saturated rings. The van der Waals surface area contributed by atoms with Crippen LogP contribution in [0.25, 0.3) is 0 Å². The first kappa shape index (κ1) is 15.0. The quantitative estimate of drug-likeness (QED) is 0.892. The van der Waals surface area contributed by atoms with Crippen molar-refractivity contribution in [3.63, 3.8) is 0 Å². The number of piperazine rings is 1. The minimum atomic E-state index is 0.739. The van der Waals surface area contributed by atoms with Gasteiger partial charge in [0.25, 0.3) is 0 Å². The van der Waals surface area contributed by atoms with Crippen molar-refractivity contribution in [3.8, 4) is 0 Å². The molecule has 5 heteroatoms. The fraction of sp³-hybridized carbons (Fsp3) is 0.733. The summed E-state index contributed by atoms with van der Waals surface area (Å²) in [5.74, 6) is 2.78. The SMILES string of the molecule is CCNc1ncnc(N2CCN(CC(C)C)CC2)c1C. The zero-order chi connectivity index (χ0) is 14.5. The monoisotopic (exact) mass is 277 g/mol. The van der Waals surface area contributed by atoms with Gasteiger partial charge in [0.2, 0.25) is 0 Å². The average molecular weight is 277 g/mol. The van der Waals surface area contributed by atoms with Gasteiger partial charge in [-0.15, -0.1) is 0 Å². The molecular weight excluding hydrogens is 250 g/mol. The molecule has 20 heavy (non-hydrogen) atoms. The van der Waals surface area contributed by atoms with Crippen molar-refractivity contribution < 1.29 is 0 Å². The Balaban J connectivity index is 2.01. The molecule has 2 rings (SSSR count). The smallest absolute Gasteiger partial charge is 0.137 e. The van der Waals surface area contributed by atoms with Gasteiger partial charge in [-0.3, -0.25) is 4.90 Å². The van der Waals surface area contributed by atoms with Crippen LogP contribution in [0, 0.1) is 12.8 Å². The van der Waals surface area contributed by atoms with Crippen LogP contribution in [0.4, 0.5) is 11.6 Å². The first-order valence-corrected chi connectivity index (χ1v) is 7.64. The molecule has 1 aliphatic rings. The van der Waals surface area contributed by atoms with Gasteiger partial charge in [0.1, 0.15) is 18.0 Å². The molecule has 0 radical (unpaired) electrons. The number of anilines is 2. The molecule has 5 nitrogen and oxygen atoms in total. The molecule has 112 valence electrons. The van der Waals surface area contributed by atoms with E-state index in [0.29, 0.717) is 0 Å². The summed E-state index contributed by atoms with van der Waals surface area (Å²) in [6.07, 6.45) is 1.67. The highest BCUT2D eigenvalue weighted by Crippen LogP contribution is 2.23. The number of nitrogens with one attached hydrogen (secondary N) is 1. The van der Waals surface area contributed by atoms with E-state index >= 15 is 0 Å². The maximum atomic E-state index is 4.49. The molecule has 2 heterocycles. The molecule has 1 aromatic rings. The second-order valence-electron chi connectivity index (χ2n) is 5.88. The highest BCUT2D eigenvalue weighted by molar-refractivity contribution is 5.58. The maximum Gasteiger partial charge on any atom is 0.137 e. The molecule has 1 saturated heterocycles. The van der Waals surface area contributed by atoms with E-state index in [-0.39, 0.29) is 0 Å². The van der Waals surface area contributed by atoms with Gasteiger partial charge in [-0.2, -0.15) is 0 Å². The van der Waals surface area contributed by atoms with Crippen molar-refractivity contribution in [2.24, 2.45) is 5.92 Å². The molecule has 0 atom stereocenters. The van der Waals surface area contributed by atoms with E-state index < -0.39 is 0 Å². The summed E-state index contributed by atoms with van der Waals surface area (Å²) in [5, 5.41) is 3.30. The van der Waals surface area contributed by atoms with Gasteiger partial charge in [0.05, 0.1) is 0 Å². The lowest BCUT2D eigenvalue weighted by atomic mass is 10.2. The van der Waals surface area contributed by atoms with Crippen molar-refractivity contribution in [2.75, 3.05) is 49.5 Å². The largest absolute Gasteiger partial charge is 0.370 e. The summed E-state index contributed by atoms with van der Waals surface area (Å²) in [5.41, 5.74) is 1.16. The summed E-state index contributed by atoms with van der Waals surface area (Å²) in [6.45, 7) is 15.2. The van der Waals surface area contributed by atoms with Crippen molar-refractivity contribution in [1.29, 1.82) is 0 Å². The van der Waals surface area contributed by atoms with E-state index in [4.69, 9.17) is 0 Å². The number of nitrogens with zero attached hydrogens (tertiary/aromatic N) is 4. The van der Waals surface area contributed by atoms with E-state index in [1.807, 2.05) is 0 Å². The van der Waals surface area contributed by atoms with Crippen LogP contribution in [0.1, 0.15) is 26.3 Å². The van der Waals surface area contributed by atoms with Gasteiger partial charge in [-0.25, -0.2) is 9.97 Å². The predicted octanol–water partition coefficient (Wildman–Crippen LogP) is 1.99. The van der Waals surface area contributed by atoms with Gasteiger partial charge in [-0.05, 0) is 19.8 Å². The van der Waals surface area contributed by atoms with Crippen LogP contribution in [0.2, 0.25) is 0 Å². The Morgan fingerprint density at radius 2 is 1.90 bits per heavy atom. The molecule has 0 aromatic carbocycles. The summed E-state index contributed by atoms with van der Waals surface area (Å²) in [6, 6.07) is 0. The van der Waals surface area contributed by atoms with Crippen LogP contribution < -0.4 is 10.2 Å². The van der Waals surface area contributed by atoms with E-state index in [1.54, 1.807) is 6.33 Å². The second kappa shape index (κ2) is 6.88. The number of aromatic nitrogens is 2. The standard InChI is InChI=1S/C15H27N5/c1-5-16-14-13(4)15(18-11-17-14)20-8-6-19(7-9-20)10-12(2)3/h11-12H,5-10H2,1-4H3,(H,16,17,18). The summed E-state index contributed by atoms with van der Waals surface area (Å²) < 4.78 is 0. The predicted molar refractivity (Wildman–Crippen MR) is 84.4 cm³/mol. The van der Waals surface area contributed by atoms with E-state index in [9.17, 15) is 0 Å². The Kier molecular flexibility index (Phi) is 5.17. The third-order valence-electron chi connectivity index (χ3n) is 3.70. The lowest BCUT2D eigenvalue weighted by Gasteiger charge is -2.36. The van der Waals surface area contributed by atoms with Gasteiger partial charge in [-0.1, -0.05) is 13.8 Å². The molecule has 0 amide bonds. The first-order valence-electron chi connectivity index (χ1n) is 7.64. The molecule has 1 N–H and O–H groups in total. The summed E-state index contributed by atoms with van der Waals surface area (Å²) >= 11 is 0. The van der Waals surface area contributed by atoms with Crippen LogP contribution in [0.5, 0.6) is 0 Å². The van der Waals surface area contributed by atoms with Crippen LogP contribution in [0.15, 0.2) is 6.33 Å². The number of hydrogen-bond donors (Lipinski definition) is 1. The molecule has 0 saturated carbocycles. The lowest BCUT2D eigenvalue weighted by molar-refractivity contribution is 0.231. The zero-order valence-electron chi connectivity index (χ0n) is 13.2. The van der Waals surface area contributed by atoms with Crippen molar-refractivity contribution in [2.45, 2.75) is 27.7 Å². The Morgan fingerprint density at radius 3 is 2.50 bits per heavy atom. The van der Waals surface area contributed by atoms with Crippen LogP contribution in [0.3, 0.4) is 0 Å². The minimum absolute atomic E-state index is 0.739. The van der Waals surface area contributed by atoms with E-state index in [2.05, 4.69) is 52.8 Å². The highest BCUT2D eigenvalue weighted by Gasteiger charge is 2.20. The molecule has 0 spiro atoms. The molecule has 0 unspecified atom stereocenters. The zero-order valence-corrected chi connectivity index (χ0v) is 13.2. The third-order valence-corrected chi connectivity index (χ3v) is 3.70. The van der Waals surface area contributed by atoms with Crippen molar-refractivity contribution in [3.05, 3.63) is 11.9 Å². The second-order valence-corrected chi connectivity index (χ2v) is 5.88. The minimum Gasteiger partial charge on any atom is -0.370 e.